The van der Waals surface area contributed by atoms with Crippen LogP contribution in [0.3, 0.4) is 0 Å². The number of nitrogens with zero attached hydrogens (tertiary/aromatic N) is 5. The second-order valence-corrected chi connectivity index (χ2v) is 9.56. The molecule has 15 heteroatoms. The van der Waals surface area contributed by atoms with Crippen LogP contribution in [0.2, 0.25) is 0 Å². The Morgan fingerprint density at radius 2 is 2.19 bits per heavy atom. The largest absolute Gasteiger partial charge is 0.477 e. The van der Waals surface area contributed by atoms with E-state index in [1.54, 1.807) is 12.2 Å². The molecule has 1 fully saturated rings. The van der Waals surface area contributed by atoms with Crippen LogP contribution in [0.25, 0.3) is 6.08 Å². The first-order chi connectivity index (χ1) is 15.3. The third-order valence-corrected chi connectivity index (χ3v) is 7.32. The predicted octanol–water partition coefficient (Wildman–Crippen LogP) is 0.516. The van der Waals surface area contributed by atoms with Gasteiger partial charge in [0.15, 0.2) is 10.8 Å². The molecule has 0 aliphatic carbocycles. The third-order valence-electron chi connectivity index (χ3n) is 4.70. The SMILES string of the molecule is Cc1snnc1/C=C\C1=C(C(=O)O)N2C(=O)C(NC(=O)/C(=N\O)c3csc(N)n3)C2SC1. The van der Waals surface area contributed by atoms with Gasteiger partial charge in [-0.25, -0.2) is 9.78 Å². The Morgan fingerprint density at radius 1 is 1.41 bits per heavy atom. The Labute approximate surface area is 192 Å². The van der Waals surface area contributed by atoms with Gasteiger partial charge in [0.25, 0.3) is 11.8 Å². The minimum atomic E-state index is -1.25. The molecule has 2 aliphatic heterocycles. The quantitative estimate of drug-likeness (QED) is 0.191. The molecule has 2 aromatic rings. The monoisotopic (exact) mass is 493 g/mol. The summed E-state index contributed by atoms with van der Waals surface area (Å²) in [5, 5.41) is 29.4. The number of thioether (sulfide) groups is 1. The lowest BCUT2D eigenvalue weighted by molar-refractivity contribution is -0.150. The molecular weight excluding hydrogens is 478 g/mol. The lowest BCUT2D eigenvalue weighted by Crippen LogP contribution is -2.71. The Morgan fingerprint density at radius 3 is 2.78 bits per heavy atom. The summed E-state index contributed by atoms with van der Waals surface area (Å²) < 4.78 is 3.83. The average molecular weight is 494 g/mol. The van der Waals surface area contributed by atoms with Crippen molar-refractivity contribution >= 4 is 69.3 Å². The molecule has 4 rings (SSSR count). The first-order valence-corrected chi connectivity index (χ1v) is 11.6. The zero-order valence-corrected chi connectivity index (χ0v) is 18.7. The summed E-state index contributed by atoms with van der Waals surface area (Å²) in [5.41, 5.74) is 6.13. The standard InChI is InChI=1S/C17H15N7O5S3/c1-6-8(21-23-32-6)3-2-7-4-30-15-11(14(26)24(15)12(7)16(27)28)20-13(25)10(22-29)9-5-31-17(18)19-9/h2-3,5,11,15,29H,4H2,1H3,(H2,18,19)(H,20,25)(H,27,28)/b3-2-,22-10-. The molecule has 2 aromatic heterocycles. The van der Waals surface area contributed by atoms with Gasteiger partial charge < -0.3 is 21.4 Å². The van der Waals surface area contributed by atoms with Gasteiger partial charge in [-0.05, 0) is 30.1 Å². The number of β-lactam (4-membered cyclic amide) rings is 1. The molecule has 0 radical (unpaired) electrons. The molecule has 2 amide bonds. The van der Waals surface area contributed by atoms with Crippen LogP contribution in [-0.4, -0.2) is 70.4 Å². The maximum Gasteiger partial charge on any atom is 0.352 e. The van der Waals surface area contributed by atoms with Crippen LogP contribution in [0.1, 0.15) is 16.3 Å². The Bertz CT molecular complexity index is 1200. The van der Waals surface area contributed by atoms with E-state index in [2.05, 4.69) is 25.0 Å². The van der Waals surface area contributed by atoms with Crippen molar-refractivity contribution in [3.8, 4) is 0 Å². The molecule has 4 heterocycles. The molecule has 2 atom stereocenters. The Balaban J connectivity index is 1.53. The number of thiazole rings is 1. The summed E-state index contributed by atoms with van der Waals surface area (Å²) in [4.78, 5) is 43.1. The van der Waals surface area contributed by atoms with Gasteiger partial charge in [-0.15, -0.1) is 28.2 Å². The first kappa shape index (κ1) is 21.9. The number of nitrogens with one attached hydrogen (secondary N) is 1. The molecule has 0 aromatic carbocycles. The van der Waals surface area contributed by atoms with E-state index in [-0.39, 0.29) is 16.5 Å². The Kier molecular flexibility index (Phi) is 5.94. The number of rotatable bonds is 6. The number of amides is 2. The van der Waals surface area contributed by atoms with Crippen molar-refractivity contribution in [3.05, 3.63) is 39.0 Å². The number of carboxylic acid groups (broad SMARTS) is 1. The van der Waals surface area contributed by atoms with Gasteiger partial charge in [0.1, 0.15) is 28.5 Å². The van der Waals surface area contributed by atoms with Gasteiger partial charge in [-0.3, -0.25) is 14.5 Å². The number of nitrogens with two attached hydrogens (primary N) is 1. The lowest BCUT2D eigenvalue weighted by Gasteiger charge is -2.49. The van der Waals surface area contributed by atoms with E-state index in [0.29, 0.717) is 17.0 Å². The molecule has 12 nitrogen and oxygen atoms in total. The second-order valence-electron chi connectivity index (χ2n) is 6.61. The van der Waals surface area contributed by atoms with E-state index >= 15 is 0 Å². The number of hydrogen-bond donors (Lipinski definition) is 4. The highest BCUT2D eigenvalue weighted by Gasteiger charge is 2.54. The molecule has 166 valence electrons. The highest BCUT2D eigenvalue weighted by molar-refractivity contribution is 8.00. The maximum absolute atomic E-state index is 12.8. The predicted molar refractivity (Wildman–Crippen MR) is 118 cm³/mol. The normalized spacial score (nSPS) is 21.0. The number of oxime groups is 1. The number of anilines is 1. The molecule has 5 N–H and O–H groups in total. The number of aromatic nitrogens is 3. The van der Waals surface area contributed by atoms with Gasteiger partial charge in [0.2, 0.25) is 0 Å². The minimum absolute atomic E-state index is 0.0674. The van der Waals surface area contributed by atoms with Crippen molar-refractivity contribution in [1.82, 2.24) is 24.8 Å². The van der Waals surface area contributed by atoms with Gasteiger partial charge in [0, 0.05) is 16.0 Å². The van der Waals surface area contributed by atoms with Crippen LogP contribution in [0.15, 0.2) is 27.9 Å². The molecule has 32 heavy (non-hydrogen) atoms. The van der Waals surface area contributed by atoms with Gasteiger partial charge in [0.05, 0.1) is 0 Å². The van der Waals surface area contributed by atoms with Crippen molar-refractivity contribution in [3.63, 3.8) is 0 Å². The van der Waals surface area contributed by atoms with Crippen LogP contribution in [0.4, 0.5) is 5.13 Å². The third kappa shape index (κ3) is 3.85. The average Bonchev–Trinajstić information content (AvgIpc) is 3.37. The van der Waals surface area contributed by atoms with Crippen molar-refractivity contribution in [1.29, 1.82) is 0 Å². The van der Waals surface area contributed by atoms with Crippen LogP contribution in [0, 0.1) is 6.92 Å². The van der Waals surface area contributed by atoms with Crippen molar-refractivity contribution < 1.29 is 24.7 Å². The summed E-state index contributed by atoms with van der Waals surface area (Å²) in [6.07, 6.45) is 3.27. The van der Waals surface area contributed by atoms with Crippen molar-refractivity contribution in [2.45, 2.75) is 18.3 Å². The molecule has 2 aliphatic rings. The first-order valence-electron chi connectivity index (χ1n) is 8.94. The molecule has 1 saturated heterocycles. The fraction of sp³-hybridized carbons (Fsp3) is 0.235. The van der Waals surface area contributed by atoms with Crippen LogP contribution in [-0.2, 0) is 14.4 Å². The number of carboxylic acids is 1. The van der Waals surface area contributed by atoms with E-state index in [0.717, 1.165) is 21.1 Å². The second kappa shape index (κ2) is 8.68. The number of aliphatic carboxylic acids is 1. The number of hydrogen-bond acceptors (Lipinski definition) is 12. The van der Waals surface area contributed by atoms with E-state index in [9.17, 15) is 24.7 Å². The Hall–Kier alpha value is -3.30. The number of aryl methyl sites for hydroxylation is 1. The molecule has 2 unspecified atom stereocenters. The van der Waals surface area contributed by atoms with Crippen LogP contribution >= 0.6 is 34.6 Å². The van der Waals surface area contributed by atoms with Gasteiger partial charge >= 0.3 is 5.97 Å². The summed E-state index contributed by atoms with van der Waals surface area (Å²) in [6.45, 7) is 1.85. The summed E-state index contributed by atoms with van der Waals surface area (Å²) in [6, 6.07) is -0.981. The number of carbonyl (C=O) groups excluding carboxylic acids is 2. The van der Waals surface area contributed by atoms with Crippen molar-refractivity contribution in [2.75, 3.05) is 11.5 Å². The molecule has 0 spiro atoms. The van der Waals surface area contributed by atoms with Gasteiger partial charge in [-0.2, -0.15) is 0 Å². The zero-order valence-electron chi connectivity index (χ0n) is 16.3. The van der Waals surface area contributed by atoms with E-state index in [1.165, 1.54) is 28.7 Å². The van der Waals surface area contributed by atoms with Crippen molar-refractivity contribution in [2.24, 2.45) is 5.16 Å². The number of allylic oxidation sites excluding steroid dienone is 1. The van der Waals surface area contributed by atoms with E-state index < -0.39 is 34.9 Å². The zero-order chi connectivity index (χ0) is 23.0. The fourth-order valence-electron chi connectivity index (χ4n) is 3.16. The lowest BCUT2D eigenvalue weighted by atomic mass is 10.0. The van der Waals surface area contributed by atoms with Gasteiger partial charge in [-0.1, -0.05) is 15.7 Å². The van der Waals surface area contributed by atoms with E-state index in [1.807, 2.05) is 6.92 Å². The number of carbonyl (C=O) groups is 3. The highest BCUT2D eigenvalue weighted by Crippen LogP contribution is 2.40. The maximum atomic E-state index is 12.8. The molecule has 0 saturated carbocycles. The molecule has 0 bridgehead atoms. The van der Waals surface area contributed by atoms with Crippen LogP contribution in [0.5, 0.6) is 0 Å². The highest BCUT2D eigenvalue weighted by atomic mass is 32.2. The van der Waals surface area contributed by atoms with E-state index in [4.69, 9.17) is 5.73 Å². The fourth-order valence-corrected chi connectivity index (χ4v) is 5.48. The molecular formula is C17H15N7O5S3. The summed E-state index contributed by atoms with van der Waals surface area (Å²) >= 11 is 3.59. The summed E-state index contributed by atoms with van der Waals surface area (Å²) in [7, 11) is 0. The van der Waals surface area contributed by atoms with Crippen LogP contribution < -0.4 is 11.1 Å². The number of fused-ring (bicyclic) bond motifs is 1. The smallest absolute Gasteiger partial charge is 0.352 e. The number of nitrogen functional groups attached to an aromatic ring is 1. The summed E-state index contributed by atoms with van der Waals surface area (Å²) in [5.74, 6) is -2.36. The minimum Gasteiger partial charge on any atom is -0.477 e. The topological polar surface area (TPSA) is 184 Å².